The summed E-state index contributed by atoms with van der Waals surface area (Å²) in [6.07, 6.45) is 4.58. The molecule has 1 fully saturated rings. The number of Topliss-reactive ketones (excluding diaryl/α,β-unsaturated/α-hetero) is 1. The fraction of sp³-hybridized carbons (Fsp3) is 0.333. The molecule has 158 valence electrons. The van der Waals surface area contributed by atoms with E-state index in [-0.39, 0.29) is 36.3 Å². The molecule has 0 atom stereocenters. The van der Waals surface area contributed by atoms with Crippen molar-refractivity contribution in [3.63, 3.8) is 0 Å². The number of benzene rings is 1. The standard InChI is InChI=1S/C21H23N3O6/c1-15(25)18(20(26)24-8-10-28-11-9-24)14-16-2-4-17(5-3-16)29-12-13-30-21(27)19-22-6-7-23-19/h2-7,14H,8-13H2,1H3,(H,22,23). The smallest absolute Gasteiger partial charge is 0.374 e. The Kier molecular flexibility index (Phi) is 7.34. The predicted octanol–water partition coefficient (Wildman–Crippen LogP) is 1.48. The monoisotopic (exact) mass is 413 g/mol. The topological polar surface area (TPSA) is 111 Å². The minimum atomic E-state index is -0.550. The number of carbonyl (C=O) groups is 3. The lowest BCUT2D eigenvalue weighted by molar-refractivity contribution is -0.132. The fourth-order valence-electron chi connectivity index (χ4n) is 2.82. The number of ether oxygens (including phenoxy) is 3. The van der Waals surface area contributed by atoms with Crippen molar-refractivity contribution in [1.82, 2.24) is 14.9 Å². The lowest BCUT2D eigenvalue weighted by Crippen LogP contribution is -2.42. The molecule has 9 nitrogen and oxygen atoms in total. The van der Waals surface area contributed by atoms with Crippen molar-refractivity contribution >= 4 is 23.7 Å². The van der Waals surface area contributed by atoms with Crippen molar-refractivity contribution in [2.24, 2.45) is 0 Å². The molecule has 2 aromatic rings. The Morgan fingerprint density at radius 3 is 2.53 bits per heavy atom. The quantitative estimate of drug-likeness (QED) is 0.229. The summed E-state index contributed by atoms with van der Waals surface area (Å²) in [5.41, 5.74) is 0.841. The first-order valence-corrected chi connectivity index (χ1v) is 9.53. The average molecular weight is 413 g/mol. The van der Waals surface area contributed by atoms with E-state index in [0.29, 0.717) is 37.6 Å². The average Bonchev–Trinajstić information content (AvgIpc) is 3.31. The molecule has 1 aromatic carbocycles. The number of rotatable bonds is 8. The van der Waals surface area contributed by atoms with Crippen molar-refractivity contribution in [3.05, 3.63) is 53.6 Å². The maximum Gasteiger partial charge on any atom is 0.374 e. The van der Waals surface area contributed by atoms with Gasteiger partial charge in [-0.1, -0.05) is 12.1 Å². The van der Waals surface area contributed by atoms with Gasteiger partial charge in [-0.3, -0.25) is 9.59 Å². The highest BCUT2D eigenvalue weighted by molar-refractivity contribution is 6.21. The summed E-state index contributed by atoms with van der Waals surface area (Å²) >= 11 is 0. The highest BCUT2D eigenvalue weighted by Crippen LogP contribution is 2.16. The van der Waals surface area contributed by atoms with Gasteiger partial charge in [-0.15, -0.1) is 0 Å². The zero-order valence-electron chi connectivity index (χ0n) is 16.6. The summed E-state index contributed by atoms with van der Waals surface area (Å²) in [6, 6.07) is 6.94. The van der Waals surface area contributed by atoms with Gasteiger partial charge in [0.1, 0.15) is 19.0 Å². The van der Waals surface area contributed by atoms with Crippen LogP contribution in [0.5, 0.6) is 5.75 Å². The number of aromatic nitrogens is 2. The van der Waals surface area contributed by atoms with E-state index in [1.165, 1.54) is 19.3 Å². The van der Waals surface area contributed by atoms with E-state index in [1.807, 2.05) is 0 Å². The van der Waals surface area contributed by atoms with E-state index in [9.17, 15) is 14.4 Å². The number of morpholine rings is 1. The van der Waals surface area contributed by atoms with Crippen LogP contribution in [0.25, 0.3) is 6.08 Å². The number of aromatic amines is 1. The summed E-state index contributed by atoms with van der Waals surface area (Å²) < 4.78 is 15.8. The summed E-state index contributed by atoms with van der Waals surface area (Å²) in [6.45, 7) is 3.52. The first-order chi connectivity index (χ1) is 14.5. The molecule has 0 spiro atoms. The van der Waals surface area contributed by atoms with E-state index in [1.54, 1.807) is 35.2 Å². The van der Waals surface area contributed by atoms with Gasteiger partial charge < -0.3 is 24.1 Å². The van der Waals surface area contributed by atoms with Crippen LogP contribution in [-0.2, 0) is 19.1 Å². The zero-order chi connectivity index (χ0) is 21.3. The Hall–Kier alpha value is -3.46. The van der Waals surface area contributed by atoms with E-state index < -0.39 is 5.97 Å². The van der Waals surface area contributed by atoms with Gasteiger partial charge in [-0.2, -0.15) is 0 Å². The predicted molar refractivity (Wildman–Crippen MR) is 107 cm³/mol. The van der Waals surface area contributed by atoms with Crippen molar-refractivity contribution in [1.29, 1.82) is 0 Å². The number of esters is 1. The first-order valence-electron chi connectivity index (χ1n) is 9.53. The van der Waals surface area contributed by atoms with Gasteiger partial charge in [-0.25, -0.2) is 9.78 Å². The number of ketones is 1. The molecule has 1 amide bonds. The molecule has 1 saturated heterocycles. The second kappa shape index (κ2) is 10.4. The number of nitrogens with zero attached hydrogens (tertiary/aromatic N) is 2. The van der Waals surface area contributed by atoms with Crippen LogP contribution in [0.3, 0.4) is 0 Å². The lowest BCUT2D eigenvalue weighted by Gasteiger charge is -2.27. The van der Waals surface area contributed by atoms with Crippen LogP contribution < -0.4 is 4.74 Å². The highest BCUT2D eigenvalue weighted by atomic mass is 16.6. The second-order valence-electron chi connectivity index (χ2n) is 6.51. The van der Waals surface area contributed by atoms with Crippen LogP contribution in [-0.4, -0.2) is 72.0 Å². The molecule has 1 aliphatic rings. The van der Waals surface area contributed by atoms with Gasteiger partial charge in [0, 0.05) is 25.5 Å². The van der Waals surface area contributed by atoms with Crippen molar-refractivity contribution < 1.29 is 28.6 Å². The molecule has 0 radical (unpaired) electrons. The van der Waals surface area contributed by atoms with Crippen LogP contribution in [0.15, 0.2) is 42.2 Å². The number of H-pyrrole nitrogens is 1. The number of nitrogens with one attached hydrogen (secondary N) is 1. The molecule has 30 heavy (non-hydrogen) atoms. The van der Waals surface area contributed by atoms with Gasteiger partial charge in [-0.05, 0) is 30.7 Å². The largest absolute Gasteiger partial charge is 0.490 e. The number of carbonyl (C=O) groups excluding carboxylic acids is 3. The summed E-state index contributed by atoms with van der Waals surface area (Å²) in [5, 5.41) is 0. The van der Waals surface area contributed by atoms with Crippen LogP contribution in [0, 0.1) is 0 Å². The highest BCUT2D eigenvalue weighted by Gasteiger charge is 2.23. The Labute approximate surface area is 173 Å². The molecule has 1 aliphatic heterocycles. The van der Waals surface area contributed by atoms with E-state index in [4.69, 9.17) is 14.2 Å². The molecule has 0 saturated carbocycles. The lowest BCUT2D eigenvalue weighted by atomic mass is 10.1. The maximum atomic E-state index is 12.6. The third kappa shape index (κ3) is 5.77. The third-order valence-corrected chi connectivity index (χ3v) is 4.38. The van der Waals surface area contributed by atoms with Gasteiger partial charge in [0.15, 0.2) is 5.78 Å². The molecule has 0 unspecified atom stereocenters. The molecule has 1 N–H and O–H groups in total. The number of imidazole rings is 1. The summed E-state index contributed by atoms with van der Waals surface area (Å²) in [7, 11) is 0. The molecule has 9 heteroatoms. The Morgan fingerprint density at radius 1 is 1.17 bits per heavy atom. The molecule has 1 aromatic heterocycles. The van der Waals surface area contributed by atoms with Gasteiger partial charge >= 0.3 is 5.97 Å². The van der Waals surface area contributed by atoms with Crippen LogP contribution in [0.1, 0.15) is 23.1 Å². The molecule has 3 rings (SSSR count). The minimum absolute atomic E-state index is 0.0731. The Morgan fingerprint density at radius 2 is 1.90 bits per heavy atom. The van der Waals surface area contributed by atoms with E-state index in [0.717, 1.165) is 0 Å². The van der Waals surface area contributed by atoms with Crippen LogP contribution in [0.2, 0.25) is 0 Å². The van der Waals surface area contributed by atoms with Crippen LogP contribution in [0.4, 0.5) is 0 Å². The fourth-order valence-corrected chi connectivity index (χ4v) is 2.82. The second-order valence-corrected chi connectivity index (χ2v) is 6.51. The molecule has 0 aliphatic carbocycles. The van der Waals surface area contributed by atoms with Crippen LogP contribution >= 0.6 is 0 Å². The maximum absolute atomic E-state index is 12.6. The Balaban J connectivity index is 1.53. The third-order valence-electron chi connectivity index (χ3n) is 4.38. The molecule has 2 heterocycles. The Bertz CT molecular complexity index is 899. The van der Waals surface area contributed by atoms with Gasteiger partial charge in [0.05, 0.1) is 18.8 Å². The van der Waals surface area contributed by atoms with Crippen molar-refractivity contribution in [2.45, 2.75) is 6.92 Å². The number of hydrogen-bond donors (Lipinski definition) is 1. The van der Waals surface area contributed by atoms with Gasteiger partial charge in [0.2, 0.25) is 5.82 Å². The van der Waals surface area contributed by atoms with Crippen molar-refractivity contribution in [2.75, 3.05) is 39.5 Å². The van der Waals surface area contributed by atoms with Crippen molar-refractivity contribution in [3.8, 4) is 5.75 Å². The SMILES string of the molecule is CC(=O)C(=Cc1ccc(OCCOC(=O)c2ncc[nH]2)cc1)C(=O)N1CCOCC1. The molecular formula is C21H23N3O6. The van der Waals surface area contributed by atoms with E-state index in [2.05, 4.69) is 9.97 Å². The minimum Gasteiger partial charge on any atom is -0.490 e. The van der Waals surface area contributed by atoms with Gasteiger partial charge in [0.25, 0.3) is 5.91 Å². The first kappa shape index (κ1) is 21.3. The summed E-state index contributed by atoms with van der Waals surface area (Å²) in [5.74, 6) is -0.412. The molecular weight excluding hydrogens is 390 g/mol. The zero-order valence-corrected chi connectivity index (χ0v) is 16.6. The number of hydrogen-bond acceptors (Lipinski definition) is 7. The normalized spacial score (nSPS) is 14.3. The summed E-state index contributed by atoms with van der Waals surface area (Å²) in [4.78, 5) is 44.4. The molecule has 0 bridgehead atoms. The number of amides is 1. The van der Waals surface area contributed by atoms with E-state index >= 15 is 0 Å².